The third-order valence-corrected chi connectivity index (χ3v) is 2.06. The van der Waals surface area contributed by atoms with Crippen LogP contribution in [0.1, 0.15) is 6.92 Å². The van der Waals surface area contributed by atoms with Gasteiger partial charge in [0.1, 0.15) is 6.04 Å². The number of nitrogens with two attached hydrogens (primary N) is 1. The monoisotopic (exact) mass is 214 g/mol. The van der Waals surface area contributed by atoms with Crippen molar-refractivity contribution in [1.82, 2.24) is 0 Å². The van der Waals surface area contributed by atoms with Gasteiger partial charge in [-0.05, 0) is 25.1 Å². The smallest absolute Gasteiger partial charge is 0.325 e. The first-order valence-electron chi connectivity index (χ1n) is 4.05. The molecule has 1 aromatic carbocycles. The molecule has 4 nitrogen and oxygen atoms in total. The highest BCUT2D eigenvalue weighted by Gasteiger charge is 2.11. The van der Waals surface area contributed by atoms with E-state index in [-0.39, 0.29) is 0 Å². The molecule has 0 bridgehead atoms. The van der Waals surface area contributed by atoms with Crippen LogP contribution in [0.15, 0.2) is 18.2 Å². The molecule has 0 aromatic heterocycles. The van der Waals surface area contributed by atoms with Crippen molar-refractivity contribution in [2.24, 2.45) is 0 Å². The Morgan fingerprint density at radius 1 is 1.64 bits per heavy atom. The third-order valence-electron chi connectivity index (χ3n) is 1.73. The van der Waals surface area contributed by atoms with E-state index in [9.17, 15) is 4.79 Å². The number of aliphatic carboxylic acids is 1. The van der Waals surface area contributed by atoms with Crippen molar-refractivity contribution in [2.75, 3.05) is 11.1 Å². The molecule has 0 amide bonds. The lowest BCUT2D eigenvalue weighted by atomic mass is 10.2. The van der Waals surface area contributed by atoms with Gasteiger partial charge in [-0.25, -0.2) is 0 Å². The Bertz CT molecular complexity index is 355. The summed E-state index contributed by atoms with van der Waals surface area (Å²) in [7, 11) is 0. The minimum Gasteiger partial charge on any atom is -0.480 e. The van der Waals surface area contributed by atoms with Crippen LogP contribution < -0.4 is 11.1 Å². The first kappa shape index (κ1) is 10.7. The molecule has 0 aliphatic rings. The summed E-state index contributed by atoms with van der Waals surface area (Å²) in [5.41, 5.74) is 6.60. The first-order valence-corrected chi connectivity index (χ1v) is 4.43. The van der Waals surface area contributed by atoms with Crippen molar-refractivity contribution in [1.29, 1.82) is 0 Å². The Balaban J connectivity index is 2.85. The zero-order chi connectivity index (χ0) is 10.7. The Morgan fingerprint density at radius 3 is 2.86 bits per heavy atom. The molecule has 76 valence electrons. The molecule has 1 rings (SSSR count). The Morgan fingerprint density at radius 2 is 2.29 bits per heavy atom. The Hall–Kier alpha value is -1.42. The van der Waals surface area contributed by atoms with Crippen LogP contribution in [-0.4, -0.2) is 17.1 Å². The average Bonchev–Trinajstić information content (AvgIpc) is 2.11. The van der Waals surface area contributed by atoms with Crippen molar-refractivity contribution in [3.05, 3.63) is 23.2 Å². The highest BCUT2D eigenvalue weighted by atomic mass is 35.5. The normalized spacial score (nSPS) is 12.1. The van der Waals surface area contributed by atoms with Gasteiger partial charge >= 0.3 is 5.97 Å². The van der Waals surface area contributed by atoms with Gasteiger partial charge in [-0.2, -0.15) is 0 Å². The van der Waals surface area contributed by atoms with Crippen LogP contribution in [0.3, 0.4) is 0 Å². The summed E-state index contributed by atoms with van der Waals surface area (Å²) < 4.78 is 0. The topological polar surface area (TPSA) is 75.3 Å². The van der Waals surface area contributed by atoms with E-state index in [0.29, 0.717) is 16.4 Å². The van der Waals surface area contributed by atoms with Crippen molar-refractivity contribution in [3.63, 3.8) is 0 Å². The number of hydrogen-bond acceptors (Lipinski definition) is 3. The molecule has 0 heterocycles. The number of carboxylic acids is 1. The van der Waals surface area contributed by atoms with Gasteiger partial charge in [0.05, 0.1) is 10.7 Å². The fraction of sp³-hybridized carbons (Fsp3) is 0.222. The minimum absolute atomic E-state index is 0.451. The van der Waals surface area contributed by atoms with Crippen molar-refractivity contribution in [3.8, 4) is 0 Å². The summed E-state index contributed by atoms with van der Waals surface area (Å²) in [6.07, 6.45) is 0. The Labute approximate surface area is 86.7 Å². The van der Waals surface area contributed by atoms with Crippen molar-refractivity contribution in [2.45, 2.75) is 13.0 Å². The van der Waals surface area contributed by atoms with Crippen LogP contribution in [0.4, 0.5) is 11.4 Å². The summed E-state index contributed by atoms with van der Waals surface area (Å²) in [6.45, 7) is 1.53. The fourth-order valence-corrected chi connectivity index (χ4v) is 1.12. The minimum atomic E-state index is -0.941. The van der Waals surface area contributed by atoms with Gasteiger partial charge in [0.2, 0.25) is 0 Å². The third kappa shape index (κ3) is 2.53. The Kier molecular flexibility index (Phi) is 3.19. The van der Waals surface area contributed by atoms with E-state index >= 15 is 0 Å². The molecule has 0 unspecified atom stereocenters. The van der Waals surface area contributed by atoms with E-state index < -0.39 is 12.0 Å². The second-order valence-corrected chi connectivity index (χ2v) is 3.35. The fourth-order valence-electron chi connectivity index (χ4n) is 0.948. The molecule has 0 aliphatic heterocycles. The van der Waals surface area contributed by atoms with Crippen LogP contribution in [0, 0.1) is 0 Å². The van der Waals surface area contributed by atoms with Crippen LogP contribution in [0.5, 0.6) is 0 Å². The number of carbonyl (C=O) groups is 1. The van der Waals surface area contributed by atoms with Crippen molar-refractivity contribution < 1.29 is 9.90 Å². The maximum atomic E-state index is 10.6. The van der Waals surface area contributed by atoms with Gasteiger partial charge in [0.25, 0.3) is 0 Å². The zero-order valence-corrected chi connectivity index (χ0v) is 8.38. The van der Waals surface area contributed by atoms with Gasteiger partial charge in [-0.15, -0.1) is 0 Å². The number of nitrogen functional groups attached to an aromatic ring is 1. The lowest BCUT2D eigenvalue weighted by Crippen LogP contribution is -2.25. The standard InChI is InChI=1S/C9H11ClN2O2/c1-5(9(13)14)12-8-4-6(11)2-3-7(8)10/h2-5,12H,11H2,1H3,(H,13,14)/t5-/m0/s1. The van der Waals surface area contributed by atoms with E-state index in [2.05, 4.69) is 5.32 Å². The summed E-state index contributed by atoms with van der Waals surface area (Å²) in [5.74, 6) is -0.941. The quantitative estimate of drug-likeness (QED) is 0.671. The molecule has 0 fully saturated rings. The summed E-state index contributed by atoms with van der Waals surface area (Å²) in [6, 6.07) is 4.17. The van der Waals surface area contributed by atoms with Crippen molar-refractivity contribution >= 4 is 28.9 Å². The zero-order valence-electron chi connectivity index (χ0n) is 7.62. The predicted molar refractivity (Wildman–Crippen MR) is 56.6 cm³/mol. The van der Waals surface area contributed by atoms with Gasteiger partial charge in [-0.1, -0.05) is 11.6 Å². The summed E-state index contributed by atoms with van der Waals surface area (Å²) in [5, 5.41) is 11.9. The van der Waals surface area contributed by atoms with E-state index in [4.69, 9.17) is 22.4 Å². The molecule has 0 saturated heterocycles. The number of anilines is 2. The van der Waals surface area contributed by atoms with Crippen LogP contribution >= 0.6 is 11.6 Å². The molecule has 1 aromatic rings. The number of hydrogen-bond donors (Lipinski definition) is 3. The number of halogens is 1. The maximum Gasteiger partial charge on any atom is 0.325 e. The second-order valence-electron chi connectivity index (χ2n) is 2.94. The highest BCUT2D eigenvalue weighted by molar-refractivity contribution is 6.33. The lowest BCUT2D eigenvalue weighted by molar-refractivity contribution is -0.137. The van der Waals surface area contributed by atoms with E-state index in [1.54, 1.807) is 18.2 Å². The summed E-state index contributed by atoms with van der Waals surface area (Å²) in [4.78, 5) is 10.6. The molecule has 5 heteroatoms. The van der Waals surface area contributed by atoms with Gasteiger partial charge < -0.3 is 16.2 Å². The number of nitrogens with one attached hydrogen (secondary N) is 1. The van der Waals surface area contributed by atoms with E-state index in [1.165, 1.54) is 6.92 Å². The molecule has 0 saturated carbocycles. The molecule has 4 N–H and O–H groups in total. The molecule has 14 heavy (non-hydrogen) atoms. The van der Waals surface area contributed by atoms with Gasteiger partial charge in [-0.3, -0.25) is 4.79 Å². The number of carboxylic acid groups (broad SMARTS) is 1. The first-order chi connectivity index (χ1) is 6.50. The predicted octanol–water partition coefficient (Wildman–Crippen LogP) is 1.81. The molecule has 0 radical (unpaired) electrons. The maximum absolute atomic E-state index is 10.6. The highest BCUT2D eigenvalue weighted by Crippen LogP contribution is 2.24. The molecule has 0 spiro atoms. The molecular formula is C9H11ClN2O2. The molecule has 0 aliphatic carbocycles. The molecule has 1 atom stereocenters. The largest absolute Gasteiger partial charge is 0.480 e. The van der Waals surface area contributed by atoms with Gasteiger partial charge in [0.15, 0.2) is 0 Å². The molecular weight excluding hydrogens is 204 g/mol. The lowest BCUT2D eigenvalue weighted by Gasteiger charge is -2.12. The number of benzene rings is 1. The number of rotatable bonds is 3. The second kappa shape index (κ2) is 4.19. The van der Waals surface area contributed by atoms with Crippen LogP contribution in [0.25, 0.3) is 0 Å². The average molecular weight is 215 g/mol. The van der Waals surface area contributed by atoms with Gasteiger partial charge in [0, 0.05) is 5.69 Å². The van der Waals surface area contributed by atoms with Crippen LogP contribution in [0.2, 0.25) is 5.02 Å². The SMILES string of the molecule is C[C@H](Nc1cc(N)ccc1Cl)C(=O)O. The van der Waals surface area contributed by atoms with Crippen LogP contribution in [-0.2, 0) is 4.79 Å². The van der Waals surface area contributed by atoms with E-state index in [1.807, 2.05) is 0 Å². The summed E-state index contributed by atoms with van der Waals surface area (Å²) >= 11 is 5.83. The van der Waals surface area contributed by atoms with E-state index in [0.717, 1.165) is 0 Å².